The standard InChI is InChI=1S/C6H13NO/c1-6(8,4-7)5-2-3-5/h5,8H,2-4,7H2,1H3. The maximum absolute atomic E-state index is 9.34. The van der Waals surface area contributed by atoms with Gasteiger partial charge in [0.15, 0.2) is 0 Å². The zero-order chi connectivity index (χ0) is 6.20. The zero-order valence-corrected chi connectivity index (χ0v) is 5.22. The third-order valence-electron chi connectivity index (χ3n) is 1.87. The molecule has 0 aliphatic heterocycles. The van der Waals surface area contributed by atoms with Gasteiger partial charge in [0.2, 0.25) is 0 Å². The lowest BCUT2D eigenvalue weighted by Crippen LogP contribution is -2.36. The van der Waals surface area contributed by atoms with Crippen LogP contribution in [-0.4, -0.2) is 17.3 Å². The van der Waals surface area contributed by atoms with Crippen molar-refractivity contribution in [1.82, 2.24) is 0 Å². The quantitative estimate of drug-likeness (QED) is 0.536. The Hall–Kier alpha value is -0.0800. The zero-order valence-electron chi connectivity index (χ0n) is 5.22. The van der Waals surface area contributed by atoms with E-state index in [0.717, 1.165) is 12.8 Å². The molecule has 0 aromatic rings. The number of aliphatic hydroxyl groups is 1. The Bertz CT molecular complexity index is 86.5. The van der Waals surface area contributed by atoms with Crippen molar-refractivity contribution in [3.8, 4) is 0 Å². The van der Waals surface area contributed by atoms with Crippen LogP contribution in [0.2, 0.25) is 0 Å². The van der Waals surface area contributed by atoms with Crippen molar-refractivity contribution in [2.75, 3.05) is 6.54 Å². The van der Waals surface area contributed by atoms with Gasteiger partial charge in [-0.2, -0.15) is 0 Å². The highest BCUT2D eigenvalue weighted by Crippen LogP contribution is 2.38. The van der Waals surface area contributed by atoms with Crippen LogP contribution >= 0.6 is 0 Å². The molecular weight excluding hydrogens is 102 g/mol. The molecule has 0 radical (unpaired) electrons. The molecule has 2 nitrogen and oxygen atoms in total. The average molecular weight is 115 g/mol. The van der Waals surface area contributed by atoms with E-state index in [-0.39, 0.29) is 0 Å². The first kappa shape index (κ1) is 6.05. The van der Waals surface area contributed by atoms with Gasteiger partial charge in [0.1, 0.15) is 0 Å². The molecule has 0 amide bonds. The van der Waals surface area contributed by atoms with Crippen LogP contribution in [0, 0.1) is 5.92 Å². The molecule has 48 valence electrons. The summed E-state index contributed by atoms with van der Waals surface area (Å²) in [7, 11) is 0. The molecule has 0 aromatic heterocycles. The highest BCUT2D eigenvalue weighted by atomic mass is 16.3. The SMILES string of the molecule is CC(O)(CN)C1CC1. The minimum Gasteiger partial charge on any atom is -0.389 e. The van der Waals surface area contributed by atoms with Crippen molar-refractivity contribution in [3.05, 3.63) is 0 Å². The third kappa shape index (κ3) is 1.01. The van der Waals surface area contributed by atoms with E-state index in [4.69, 9.17) is 5.73 Å². The van der Waals surface area contributed by atoms with Gasteiger partial charge in [-0.15, -0.1) is 0 Å². The van der Waals surface area contributed by atoms with Gasteiger partial charge in [-0.1, -0.05) is 0 Å². The van der Waals surface area contributed by atoms with Gasteiger partial charge in [-0.05, 0) is 25.7 Å². The van der Waals surface area contributed by atoms with E-state index >= 15 is 0 Å². The lowest BCUT2D eigenvalue weighted by Gasteiger charge is -2.19. The molecule has 1 fully saturated rings. The Labute approximate surface area is 49.7 Å². The maximum Gasteiger partial charge on any atom is 0.0769 e. The second-order valence-electron chi connectivity index (χ2n) is 2.84. The molecule has 2 heteroatoms. The molecule has 1 rings (SSSR count). The van der Waals surface area contributed by atoms with Crippen molar-refractivity contribution in [2.24, 2.45) is 11.7 Å². The van der Waals surface area contributed by atoms with E-state index in [1.54, 1.807) is 0 Å². The molecule has 0 aromatic carbocycles. The molecule has 0 saturated heterocycles. The number of rotatable bonds is 2. The van der Waals surface area contributed by atoms with Gasteiger partial charge in [0.05, 0.1) is 5.60 Å². The van der Waals surface area contributed by atoms with E-state index in [9.17, 15) is 5.11 Å². The van der Waals surface area contributed by atoms with Crippen LogP contribution in [0.1, 0.15) is 19.8 Å². The minimum atomic E-state index is -0.569. The van der Waals surface area contributed by atoms with Crippen LogP contribution in [-0.2, 0) is 0 Å². The first-order valence-electron chi connectivity index (χ1n) is 3.09. The monoisotopic (exact) mass is 115 g/mol. The van der Waals surface area contributed by atoms with Crippen LogP contribution in [0.3, 0.4) is 0 Å². The Morgan fingerprint density at radius 1 is 1.75 bits per heavy atom. The van der Waals surface area contributed by atoms with Crippen molar-refractivity contribution in [2.45, 2.75) is 25.4 Å². The number of hydrogen-bond acceptors (Lipinski definition) is 2. The number of hydrogen-bond donors (Lipinski definition) is 2. The topological polar surface area (TPSA) is 46.2 Å². The highest BCUT2D eigenvalue weighted by Gasteiger charge is 2.38. The molecule has 1 unspecified atom stereocenters. The van der Waals surface area contributed by atoms with Gasteiger partial charge >= 0.3 is 0 Å². The predicted molar refractivity (Wildman–Crippen MR) is 32.4 cm³/mol. The molecular formula is C6H13NO. The molecule has 8 heavy (non-hydrogen) atoms. The number of nitrogens with two attached hydrogens (primary N) is 1. The molecule has 1 aliphatic rings. The second-order valence-corrected chi connectivity index (χ2v) is 2.84. The van der Waals surface area contributed by atoms with Crippen LogP contribution in [0.5, 0.6) is 0 Å². The lowest BCUT2D eigenvalue weighted by molar-refractivity contribution is 0.0460. The average Bonchev–Trinajstić information content (AvgIpc) is 2.44. The maximum atomic E-state index is 9.34. The van der Waals surface area contributed by atoms with Crippen LogP contribution in [0.4, 0.5) is 0 Å². The van der Waals surface area contributed by atoms with Crippen molar-refractivity contribution in [1.29, 1.82) is 0 Å². The lowest BCUT2D eigenvalue weighted by atomic mass is 10.0. The molecule has 1 aliphatic carbocycles. The van der Waals surface area contributed by atoms with E-state index in [2.05, 4.69) is 0 Å². The van der Waals surface area contributed by atoms with Crippen LogP contribution in [0.25, 0.3) is 0 Å². The van der Waals surface area contributed by atoms with Gasteiger partial charge < -0.3 is 10.8 Å². The summed E-state index contributed by atoms with van der Waals surface area (Å²) < 4.78 is 0. The summed E-state index contributed by atoms with van der Waals surface area (Å²) in [4.78, 5) is 0. The van der Waals surface area contributed by atoms with Gasteiger partial charge in [-0.25, -0.2) is 0 Å². The van der Waals surface area contributed by atoms with Crippen molar-refractivity contribution < 1.29 is 5.11 Å². The predicted octanol–water partition coefficient (Wildman–Crippen LogP) is 0.106. The summed E-state index contributed by atoms with van der Waals surface area (Å²) in [6.07, 6.45) is 2.31. The molecule has 3 N–H and O–H groups in total. The van der Waals surface area contributed by atoms with E-state index < -0.39 is 5.60 Å². The highest BCUT2D eigenvalue weighted by molar-refractivity contribution is 4.91. The Morgan fingerprint density at radius 3 is 2.38 bits per heavy atom. The molecule has 0 spiro atoms. The Morgan fingerprint density at radius 2 is 2.25 bits per heavy atom. The van der Waals surface area contributed by atoms with Crippen LogP contribution in [0.15, 0.2) is 0 Å². The fourth-order valence-electron chi connectivity index (χ4n) is 0.872. The largest absolute Gasteiger partial charge is 0.389 e. The summed E-state index contributed by atoms with van der Waals surface area (Å²) in [6.45, 7) is 2.21. The third-order valence-corrected chi connectivity index (χ3v) is 1.87. The smallest absolute Gasteiger partial charge is 0.0769 e. The summed E-state index contributed by atoms with van der Waals surface area (Å²) in [5.74, 6) is 0.493. The van der Waals surface area contributed by atoms with Crippen molar-refractivity contribution >= 4 is 0 Å². The summed E-state index contributed by atoms with van der Waals surface area (Å²) >= 11 is 0. The van der Waals surface area contributed by atoms with Crippen molar-refractivity contribution in [3.63, 3.8) is 0 Å². The van der Waals surface area contributed by atoms with Gasteiger partial charge in [-0.3, -0.25) is 0 Å². The van der Waals surface area contributed by atoms with E-state index in [1.807, 2.05) is 6.92 Å². The summed E-state index contributed by atoms with van der Waals surface area (Å²) in [5, 5.41) is 9.34. The first-order valence-corrected chi connectivity index (χ1v) is 3.09. The molecule has 1 saturated carbocycles. The van der Waals surface area contributed by atoms with E-state index in [1.165, 1.54) is 0 Å². The summed E-state index contributed by atoms with van der Waals surface area (Å²) in [6, 6.07) is 0. The van der Waals surface area contributed by atoms with Crippen LogP contribution < -0.4 is 5.73 Å². The molecule has 1 atom stereocenters. The fraction of sp³-hybridized carbons (Fsp3) is 1.00. The van der Waals surface area contributed by atoms with E-state index in [0.29, 0.717) is 12.5 Å². The summed E-state index contributed by atoms with van der Waals surface area (Å²) in [5.41, 5.74) is 4.73. The molecule has 0 bridgehead atoms. The first-order chi connectivity index (χ1) is 3.67. The Balaban J connectivity index is 2.37. The van der Waals surface area contributed by atoms with Gasteiger partial charge in [0, 0.05) is 6.54 Å². The molecule has 0 heterocycles. The normalized spacial score (nSPS) is 27.4. The Kier molecular flexibility index (Phi) is 1.29. The minimum absolute atomic E-state index is 0.400. The second kappa shape index (κ2) is 1.71. The van der Waals surface area contributed by atoms with Gasteiger partial charge in [0.25, 0.3) is 0 Å². The fourth-order valence-corrected chi connectivity index (χ4v) is 0.872.